The van der Waals surface area contributed by atoms with E-state index in [4.69, 9.17) is 21.8 Å². The Bertz CT molecular complexity index is 1450. The lowest BCUT2D eigenvalue weighted by atomic mass is 10.1. The summed E-state index contributed by atoms with van der Waals surface area (Å²) in [6.07, 6.45) is -6.48. The highest BCUT2D eigenvalue weighted by Crippen LogP contribution is 2.42. The molecule has 0 aliphatic heterocycles. The molecule has 2 amide bonds. The fraction of sp³-hybridized carbons (Fsp3) is 0.200. The van der Waals surface area contributed by atoms with Gasteiger partial charge in [0.2, 0.25) is 5.91 Å². The number of alkyl halides is 5. The molecule has 0 fully saturated rings. The molecule has 4 aromatic heterocycles. The van der Waals surface area contributed by atoms with Gasteiger partial charge in [-0.2, -0.15) is 18.3 Å². The Morgan fingerprint density at radius 1 is 1.34 bits per heavy atom. The predicted molar refractivity (Wildman–Crippen MR) is 116 cm³/mol. The molecule has 4 heterocycles. The molecule has 15 heteroatoms. The molecule has 4 rings (SSSR count). The molecule has 0 saturated carbocycles. The highest BCUT2D eigenvalue weighted by molar-refractivity contribution is 7.21. The van der Waals surface area contributed by atoms with E-state index in [2.05, 4.69) is 15.4 Å². The van der Waals surface area contributed by atoms with E-state index in [1.165, 1.54) is 25.3 Å². The minimum Gasteiger partial charge on any atom is -0.464 e. The molecule has 0 atom stereocenters. The zero-order valence-electron chi connectivity index (χ0n) is 17.4. The van der Waals surface area contributed by atoms with Gasteiger partial charge >= 0.3 is 6.18 Å². The Morgan fingerprint density at radius 2 is 2.06 bits per heavy atom. The van der Waals surface area contributed by atoms with Gasteiger partial charge in [0.1, 0.15) is 27.7 Å². The van der Waals surface area contributed by atoms with E-state index in [1.807, 2.05) is 0 Å². The Labute approximate surface area is 201 Å². The van der Waals surface area contributed by atoms with Gasteiger partial charge in [0, 0.05) is 10.9 Å². The molecular formula is C20H13ClF5N5O3S. The summed E-state index contributed by atoms with van der Waals surface area (Å²) in [4.78, 5) is 28.5. The molecule has 3 N–H and O–H groups in total. The highest BCUT2D eigenvalue weighted by atomic mass is 35.5. The van der Waals surface area contributed by atoms with E-state index < -0.39 is 47.4 Å². The lowest BCUT2D eigenvalue weighted by Crippen LogP contribution is -2.22. The van der Waals surface area contributed by atoms with E-state index in [0.717, 1.165) is 10.7 Å². The average Bonchev–Trinajstić information content (AvgIpc) is 3.48. The van der Waals surface area contributed by atoms with Crippen molar-refractivity contribution >= 4 is 50.7 Å². The van der Waals surface area contributed by atoms with Crippen LogP contribution in [-0.2, 0) is 17.5 Å². The molecule has 0 unspecified atom stereocenters. The number of anilines is 1. The van der Waals surface area contributed by atoms with Gasteiger partial charge in [-0.15, -0.1) is 11.3 Å². The lowest BCUT2D eigenvalue weighted by Gasteiger charge is -2.10. The Kier molecular flexibility index (Phi) is 6.27. The number of halogens is 6. The molecule has 0 aliphatic carbocycles. The molecule has 0 aromatic carbocycles. The third-order valence-corrected chi connectivity index (χ3v) is 6.43. The largest absolute Gasteiger partial charge is 0.464 e. The molecule has 184 valence electrons. The van der Waals surface area contributed by atoms with Crippen LogP contribution in [0, 0.1) is 6.92 Å². The number of carbonyl (C=O) groups is 2. The Hall–Kier alpha value is -3.52. The fourth-order valence-corrected chi connectivity index (χ4v) is 4.58. The molecule has 0 radical (unpaired) electrons. The van der Waals surface area contributed by atoms with Gasteiger partial charge in [-0.25, -0.2) is 13.8 Å². The minimum absolute atomic E-state index is 0.0315. The number of hydrogen-bond acceptors (Lipinski definition) is 6. The topological polar surface area (TPSA) is 116 Å². The number of carbonyl (C=O) groups excluding carboxylic acids is 2. The van der Waals surface area contributed by atoms with Gasteiger partial charge in [0.15, 0.2) is 5.69 Å². The van der Waals surface area contributed by atoms with E-state index in [0.29, 0.717) is 11.3 Å². The summed E-state index contributed by atoms with van der Waals surface area (Å²) in [6.45, 7) is 0.549. The van der Waals surface area contributed by atoms with Crippen LogP contribution in [0.4, 0.5) is 27.6 Å². The number of thiophene rings is 1. The van der Waals surface area contributed by atoms with Crippen molar-refractivity contribution < 1.29 is 36.0 Å². The monoisotopic (exact) mass is 533 g/mol. The number of fused-ring (bicyclic) bond motifs is 1. The first-order valence-corrected chi connectivity index (χ1v) is 10.8. The lowest BCUT2D eigenvalue weighted by molar-refractivity contribution is -0.141. The molecule has 8 nitrogen and oxygen atoms in total. The van der Waals surface area contributed by atoms with Gasteiger partial charge in [0.25, 0.3) is 12.3 Å². The standard InChI is InChI=1S/C20H13ClF5N5O3S/c1-7-13(21)16(20(24,25)26)30-31(7)6-11(32)29-14-12-8(10-3-2-4-34-10)5-9(17(22)23)28-19(12)35-15(14)18(27)33/h2-5,17H,6H2,1H3,(H2,27,33)(H,29,32). The van der Waals surface area contributed by atoms with Crippen LogP contribution in [-0.4, -0.2) is 26.6 Å². The van der Waals surface area contributed by atoms with Crippen LogP contribution in [0.25, 0.3) is 21.5 Å². The van der Waals surface area contributed by atoms with E-state index >= 15 is 0 Å². The van der Waals surface area contributed by atoms with Crippen LogP contribution < -0.4 is 11.1 Å². The maximum absolute atomic E-state index is 13.4. The molecule has 35 heavy (non-hydrogen) atoms. The van der Waals surface area contributed by atoms with Crippen LogP contribution in [0.5, 0.6) is 0 Å². The van der Waals surface area contributed by atoms with Gasteiger partial charge in [-0.1, -0.05) is 11.6 Å². The second kappa shape index (κ2) is 8.92. The van der Waals surface area contributed by atoms with Crippen molar-refractivity contribution in [1.82, 2.24) is 14.8 Å². The van der Waals surface area contributed by atoms with Crippen LogP contribution in [0.3, 0.4) is 0 Å². The van der Waals surface area contributed by atoms with Crippen molar-refractivity contribution in [1.29, 1.82) is 0 Å². The fourth-order valence-electron chi connectivity index (χ4n) is 3.32. The minimum atomic E-state index is -4.84. The summed E-state index contributed by atoms with van der Waals surface area (Å²) in [6, 6.07) is 4.03. The summed E-state index contributed by atoms with van der Waals surface area (Å²) < 4.78 is 72.2. The van der Waals surface area contributed by atoms with E-state index in [-0.39, 0.29) is 37.8 Å². The first-order chi connectivity index (χ1) is 16.4. The average molecular weight is 534 g/mol. The van der Waals surface area contributed by atoms with E-state index in [9.17, 15) is 31.5 Å². The number of rotatable bonds is 6. The van der Waals surface area contributed by atoms with Crippen molar-refractivity contribution in [3.63, 3.8) is 0 Å². The van der Waals surface area contributed by atoms with Crippen molar-refractivity contribution in [3.05, 3.63) is 51.4 Å². The van der Waals surface area contributed by atoms with Gasteiger partial charge in [-0.3, -0.25) is 14.3 Å². The van der Waals surface area contributed by atoms with Crippen LogP contribution in [0.2, 0.25) is 5.02 Å². The number of nitrogens with zero attached hydrogens (tertiary/aromatic N) is 3. The molecule has 0 aliphatic rings. The van der Waals surface area contributed by atoms with Crippen LogP contribution in [0.15, 0.2) is 28.9 Å². The smallest absolute Gasteiger partial charge is 0.436 e. The summed E-state index contributed by atoms with van der Waals surface area (Å²) >= 11 is 6.38. The van der Waals surface area contributed by atoms with Gasteiger partial charge < -0.3 is 15.5 Å². The van der Waals surface area contributed by atoms with Crippen molar-refractivity contribution in [2.75, 3.05) is 5.32 Å². The number of amides is 2. The molecule has 0 saturated heterocycles. The third-order valence-electron chi connectivity index (χ3n) is 4.88. The summed E-state index contributed by atoms with van der Waals surface area (Å²) in [5, 5.41) is 5.22. The quantitative estimate of drug-likeness (QED) is 0.322. The zero-order chi connectivity index (χ0) is 25.7. The van der Waals surface area contributed by atoms with Gasteiger partial charge in [0.05, 0.1) is 22.7 Å². The third kappa shape index (κ3) is 4.58. The van der Waals surface area contributed by atoms with Crippen molar-refractivity contribution in [2.24, 2.45) is 5.73 Å². The first kappa shape index (κ1) is 24.6. The number of hydrogen-bond donors (Lipinski definition) is 2. The Balaban J connectivity index is 1.80. The Morgan fingerprint density at radius 3 is 2.60 bits per heavy atom. The maximum atomic E-state index is 13.4. The summed E-state index contributed by atoms with van der Waals surface area (Å²) in [7, 11) is 0. The predicted octanol–water partition coefficient (Wildman–Crippen LogP) is 5.41. The van der Waals surface area contributed by atoms with Crippen molar-refractivity contribution in [2.45, 2.75) is 26.1 Å². The van der Waals surface area contributed by atoms with Gasteiger partial charge in [-0.05, 0) is 25.1 Å². The summed E-state index contributed by atoms with van der Waals surface area (Å²) in [5.41, 5.74) is 3.33. The molecule has 0 bridgehead atoms. The number of furan rings is 1. The second-order valence-corrected chi connectivity index (χ2v) is 8.55. The van der Waals surface area contributed by atoms with Crippen LogP contribution >= 0.6 is 22.9 Å². The normalized spacial score (nSPS) is 12.0. The zero-order valence-corrected chi connectivity index (χ0v) is 19.0. The van der Waals surface area contributed by atoms with E-state index in [1.54, 1.807) is 0 Å². The second-order valence-electron chi connectivity index (χ2n) is 7.17. The summed E-state index contributed by atoms with van der Waals surface area (Å²) in [5.74, 6) is -1.72. The SMILES string of the molecule is Cc1c(Cl)c(C(F)(F)F)nn1CC(=O)Nc1c(C(N)=O)sc2nc(C(F)F)cc(-c3ccco3)c12. The number of nitrogens with two attached hydrogens (primary N) is 1. The first-order valence-electron chi connectivity index (χ1n) is 9.57. The molecule has 0 spiro atoms. The highest BCUT2D eigenvalue weighted by Gasteiger charge is 2.38. The van der Waals surface area contributed by atoms with Crippen molar-refractivity contribution in [3.8, 4) is 11.3 Å². The van der Waals surface area contributed by atoms with Crippen LogP contribution in [0.1, 0.15) is 33.2 Å². The molecule has 4 aromatic rings. The maximum Gasteiger partial charge on any atom is 0.436 e. The number of pyridine rings is 1. The number of nitrogens with one attached hydrogen (secondary N) is 1. The number of primary amides is 1. The molecular weight excluding hydrogens is 521 g/mol. The number of aromatic nitrogens is 3.